The van der Waals surface area contributed by atoms with Crippen molar-refractivity contribution >= 4 is 11.8 Å². The number of amides is 2. The summed E-state index contributed by atoms with van der Waals surface area (Å²) in [7, 11) is 3.15. The highest BCUT2D eigenvalue weighted by molar-refractivity contribution is 5.94. The van der Waals surface area contributed by atoms with Crippen molar-refractivity contribution in [2.24, 2.45) is 0 Å². The number of carbonyl (C=O) groups is 2. The number of piperidine rings is 1. The van der Waals surface area contributed by atoms with Crippen molar-refractivity contribution in [3.05, 3.63) is 59.2 Å². The zero-order valence-electron chi connectivity index (χ0n) is 17.1. The van der Waals surface area contributed by atoms with Crippen LogP contribution in [0.1, 0.15) is 40.7 Å². The molecule has 0 aliphatic carbocycles. The fourth-order valence-electron chi connectivity index (χ4n) is 3.53. The summed E-state index contributed by atoms with van der Waals surface area (Å²) in [6, 6.07) is 12.9. The third-order valence-electron chi connectivity index (χ3n) is 5.12. The van der Waals surface area contributed by atoms with Crippen molar-refractivity contribution in [3.8, 4) is 11.5 Å². The van der Waals surface area contributed by atoms with Gasteiger partial charge < -0.3 is 19.7 Å². The molecule has 154 valence electrons. The Balaban J connectivity index is 1.57. The van der Waals surface area contributed by atoms with E-state index in [2.05, 4.69) is 5.32 Å². The van der Waals surface area contributed by atoms with E-state index in [4.69, 9.17) is 9.47 Å². The second kappa shape index (κ2) is 9.96. The molecular formula is C23H28N2O4. The number of carbonyl (C=O) groups excluding carboxylic acids is 2. The Kier molecular flexibility index (Phi) is 7.11. The van der Waals surface area contributed by atoms with E-state index in [1.54, 1.807) is 26.4 Å². The van der Waals surface area contributed by atoms with E-state index < -0.39 is 0 Å². The first kappa shape index (κ1) is 20.7. The molecule has 0 atom stereocenters. The SMILES string of the molecule is COc1ccc(CC(=O)NCc2cccc(C(=O)N3CCCCC3)c2)cc1OC. The molecule has 0 saturated carbocycles. The van der Waals surface area contributed by atoms with Gasteiger partial charge in [-0.3, -0.25) is 9.59 Å². The molecule has 2 aromatic carbocycles. The van der Waals surface area contributed by atoms with Crippen molar-refractivity contribution in [1.29, 1.82) is 0 Å². The molecule has 6 heteroatoms. The summed E-state index contributed by atoms with van der Waals surface area (Å²) in [4.78, 5) is 26.9. The average molecular weight is 396 g/mol. The van der Waals surface area contributed by atoms with E-state index in [-0.39, 0.29) is 18.2 Å². The standard InChI is InChI=1S/C23H28N2O4/c1-28-20-10-9-17(14-21(20)29-2)15-22(26)24-16-18-7-6-8-19(13-18)23(27)25-11-4-3-5-12-25/h6-10,13-14H,3-5,11-12,15-16H2,1-2H3,(H,24,26). The molecule has 0 unspecified atom stereocenters. The Bertz CT molecular complexity index is 860. The maximum absolute atomic E-state index is 12.7. The van der Waals surface area contributed by atoms with Crippen LogP contribution in [0.4, 0.5) is 0 Å². The fraction of sp³-hybridized carbons (Fsp3) is 0.391. The molecule has 0 spiro atoms. The van der Waals surface area contributed by atoms with E-state index >= 15 is 0 Å². The highest BCUT2D eigenvalue weighted by Gasteiger charge is 2.18. The number of nitrogens with one attached hydrogen (secondary N) is 1. The lowest BCUT2D eigenvalue weighted by Gasteiger charge is -2.26. The van der Waals surface area contributed by atoms with Crippen LogP contribution in [0.3, 0.4) is 0 Å². The van der Waals surface area contributed by atoms with Gasteiger partial charge in [0.25, 0.3) is 5.91 Å². The third kappa shape index (κ3) is 5.50. The van der Waals surface area contributed by atoms with Gasteiger partial charge in [-0.15, -0.1) is 0 Å². The van der Waals surface area contributed by atoms with Crippen LogP contribution in [-0.2, 0) is 17.8 Å². The lowest BCUT2D eigenvalue weighted by atomic mass is 10.1. The fourth-order valence-corrected chi connectivity index (χ4v) is 3.53. The summed E-state index contributed by atoms with van der Waals surface area (Å²) < 4.78 is 10.5. The molecule has 6 nitrogen and oxygen atoms in total. The second-order valence-corrected chi connectivity index (χ2v) is 7.20. The van der Waals surface area contributed by atoms with E-state index in [9.17, 15) is 9.59 Å². The van der Waals surface area contributed by atoms with Crippen LogP contribution >= 0.6 is 0 Å². The molecule has 1 saturated heterocycles. The van der Waals surface area contributed by atoms with Gasteiger partial charge in [-0.1, -0.05) is 18.2 Å². The predicted octanol–water partition coefficient (Wildman–Crippen LogP) is 3.19. The van der Waals surface area contributed by atoms with Gasteiger partial charge in [-0.2, -0.15) is 0 Å². The van der Waals surface area contributed by atoms with E-state index in [1.165, 1.54) is 6.42 Å². The average Bonchev–Trinajstić information content (AvgIpc) is 2.78. The van der Waals surface area contributed by atoms with Gasteiger partial charge in [0, 0.05) is 25.2 Å². The molecule has 1 fully saturated rings. The van der Waals surface area contributed by atoms with E-state index in [0.717, 1.165) is 37.1 Å². The number of hydrogen-bond donors (Lipinski definition) is 1. The minimum Gasteiger partial charge on any atom is -0.493 e. The number of ether oxygens (including phenoxy) is 2. The lowest BCUT2D eigenvalue weighted by molar-refractivity contribution is -0.120. The summed E-state index contributed by atoms with van der Waals surface area (Å²) >= 11 is 0. The molecule has 0 radical (unpaired) electrons. The van der Waals surface area contributed by atoms with Crippen LogP contribution in [0.15, 0.2) is 42.5 Å². The minimum absolute atomic E-state index is 0.0724. The van der Waals surface area contributed by atoms with Gasteiger partial charge in [-0.25, -0.2) is 0 Å². The molecule has 2 amide bonds. The van der Waals surface area contributed by atoms with Crippen LogP contribution in [-0.4, -0.2) is 44.0 Å². The molecule has 1 aliphatic heterocycles. The molecule has 1 aliphatic rings. The molecule has 1 N–H and O–H groups in total. The number of likely N-dealkylation sites (tertiary alicyclic amines) is 1. The van der Waals surface area contributed by atoms with Crippen LogP contribution in [0.25, 0.3) is 0 Å². The zero-order valence-corrected chi connectivity index (χ0v) is 17.1. The molecule has 29 heavy (non-hydrogen) atoms. The second-order valence-electron chi connectivity index (χ2n) is 7.20. The van der Waals surface area contributed by atoms with Gasteiger partial charge in [0.2, 0.25) is 5.91 Å². The van der Waals surface area contributed by atoms with Gasteiger partial charge in [0.1, 0.15) is 0 Å². The summed E-state index contributed by atoms with van der Waals surface area (Å²) in [5.41, 5.74) is 2.43. The zero-order chi connectivity index (χ0) is 20.6. The molecule has 2 aromatic rings. The highest BCUT2D eigenvalue weighted by Crippen LogP contribution is 2.27. The summed E-state index contributed by atoms with van der Waals surface area (Å²) in [5, 5.41) is 2.92. The Hall–Kier alpha value is -3.02. The lowest BCUT2D eigenvalue weighted by Crippen LogP contribution is -2.35. The maximum atomic E-state index is 12.7. The smallest absolute Gasteiger partial charge is 0.253 e. The Morgan fingerprint density at radius 1 is 0.931 bits per heavy atom. The minimum atomic E-state index is -0.0926. The molecule has 0 aromatic heterocycles. The van der Waals surface area contributed by atoms with Crippen molar-refractivity contribution in [2.45, 2.75) is 32.2 Å². The van der Waals surface area contributed by atoms with Gasteiger partial charge >= 0.3 is 0 Å². The quantitative estimate of drug-likeness (QED) is 0.781. The van der Waals surface area contributed by atoms with Crippen LogP contribution < -0.4 is 14.8 Å². The molecule has 0 bridgehead atoms. The van der Waals surface area contributed by atoms with Crippen molar-refractivity contribution < 1.29 is 19.1 Å². The van der Waals surface area contributed by atoms with Gasteiger partial charge in [-0.05, 0) is 54.7 Å². The largest absolute Gasteiger partial charge is 0.493 e. The summed E-state index contributed by atoms with van der Waals surface area (Å²) in [5.74, 6) is 1.21. The molecule has 1 heterocycles. The summed E-state index contributed by atoms with van der Waals surface area (Å²) in [6.07, 6.45) is 3.57. The first-order valence-corrected chi connectivity index (χ1v) is 9.96. The van der Waals surface area contributed by atoms with Crippen molar-refractivity contribution in [3.63, 3.8) is 0 Å². The Morgan fingerprint density at radius 3 is 2.41 bits per heavy atom. The maximum Gasteiger partial charge on any atom is 0.253 e. The summed E-state index contributed by atoms with van der Waals surface area (Å²) in [6.45, 7) is 2.03. The first-order valence-electron chi connectivity index (χ1n) is 9.96. The van der Waals surface area contributed by atoms with Crippen LogP contribution in [0.2, 0.25) is 0 Å². The van der Waals surface area contributed by atoms with E-state index in [1.807, 2.05) is 35.2 Å². The topological polar surface area (TPSA) is 67.9 Å². The number of rotatable bonds is 7. The monoisotopic (exact) mass is 396 g/mol. The Labute approximate surface area is 171 Å². The first-order chi connectivity index (χ1) is 14.1. The Morgan fingerprint density at radius 2 is 1.69 bits per heavy atom. The normalized spacial score (nSPS) is 13.7. The number of methoxy groups -OCH3 is 2. The van der Waals surface area contributed by atoms with Crippen molar-refractivity contribution in [2.75, 3.05) is 27.3 Å². The van der Waals surface area contributed by atoms with Crippen LogP contribution in [0.5, 0.6) is 11.5 Å². The number of benzene rings is 2. The number of nitrogens with zero attached hydrogens (tertiary/aromatic N) is 1. The van der Waals surface area contributed by atoms with Crippen LogP contribution in [0, 0.1) is 0 Å². The highest BCUT2D eigenvalue weighted by atomic mass is 16.5. The number of hydrogen-bond acceptors (Lipinski definition) is 4. The predicted molar refractivity (Wildman–Crippen MR) is 111 cm³/mol. The van der Waals surface area contributed by atoms with E-state index in [0.29, 0.717) is 23.6 Å². The van der Waals surface area contributed by atoms with Gasteiger partial charge in [0.15, 0.2) is 11.5 Å². The van der Waals surface area contributed by atoms with Crippen molar-refractivity contribution in [1.82, 2.24) is 10.2 Å². The molecule has 3 rings (SSSR count). The molecular weight excluding hydrogens is 368 g/mol. The van der Waals surface area contributed by atoms with Gasteiger partial charge in [0.05, 0.1) is 20.6 Å². The third-order valence-corrected chi connectivity index (χ3v) is 5.12.